The summed E-state index contributed by atoms with van der Waals surface area (Å²) in [7, 11) is 1.97. The number of para-hydroxylation sites is 1. The Morgan fingerprint density at radius 2 is 1.89 bits per heavy atom. The topological polar surface area (TPSA) is 51.9 Å². The second-order valence-electron chi connectivity index (χ2n) is 6.17. The fraction of sp³-hybridized carbons (Fsp3) is 0.286. The summed E-state index contributed by atoms with van der Waals surface area (Å²) in [5.74, 6) is 0.604. The quantitative estimate of drug-likeness (QED) is 0.521. The minimum Gasteiger partial charge on any atom is -0.492 e. The van der Waals surface area contributed by atoms with E-state index in [1.165, 1.54) is 0 Å². The van der Waals surface area contributed by atoms with Gasteiger partial charge < -0.3 is 13.9 Å². The van der Waals surface area contributed by atoms with Crippen molar-refractivity contribution >= 4 is 28.5 Å². The van der Waals surface area contributed by atoms with E-state index in [0.29, 0.717) is 36.9 Å². The van der Waals surface area contributed by atoms with Crippen LogP contribution in [0, 0.1) is 0 Å². The molecule has 0 radical (unpaired) electrons. The van der Waals surface area contributed by atoms with Crippen LogP contribution >= 0.6 is 11.6 Å². The first kappa shape index (κ1) is 19.3. The van der Waals surface area contributed by atoms with E-state index in [2.05, 4.69) is 4.90 Å². The van der Waals surface area contributed by atoms with Crippen molar-refractivity contribution in [3.63, 3.8) is 0 Å². The number of likely N-dealkylation sites (N-methyl/N-ethyl adjacent to an activating group) is 1. The molecule has 27 heavy (non-hydrogen) atoms. The third-order valence-electron chi connectivity index (χ3n) is 4.14. The van der Waals surface area contributed by atoms with Gasteiger partial charge in [-0.2, -0.15) is 0 Å². The number of hydrogen-bond donors (Lipinski definition) is 0. The molecule has 3 rings (SSSR count). The smallest absolute Gasteiger partial charge is 0.374 e. The molecule has 2 aromatic carbocycles. The molecule has 0 saturated heterocycles. The number of halogens is 1. The largest absolute Gasteiger partial charge is 0.492 e. The molecule has 6 heteroatoms. The normalized spacial score (nSPS) is 11.1. The molecule has 3 aromatic rings. The summed E-state index contributed by atoms with van der Waals surface area (Å²) in [5.41, 5.74) is 1.51. The average molecular weight is 388 g/mol. The summed E-state index contributed by atoms with van der Waals surface area (Å²) in [5, 5.41) is 1.60. The molecule has 0 aliphatic rings. The Labute approximate surface area is 163 Å². The predicted octanol–water partition coefficient (Wildman–Crippen LogP) is 4.77. The number of esters is 1. The fourth-order valence-electron chi connectivity index (χ4n) is 2.82. The van der Waals surface area contributed by atoms with E-state index in [9.17, 15) is 4.79 Å². The lowest BCUT2D eigenvalue weighted by molar-refractivity contribution is 0.0489. The molecule has 0 amide bonds. The van der Waals surface area contributed by atoms with E-state index in [1.807, 2.05) is 43.4 Å². The van der Waals surface area contributed by atoms with Gasteiger partial charge >= 0.3 is 5.97 Å². The van der Waals surface area contributed by atoms with Gasteiger partial charge in [-0.3, -0.25) is 4.90 Å². The predicted molar refractivity (Wildman–Crippen MR) is 105 cm³/mol. The van der Waals surface area contributed by atoms with Crippen LogP contribution in [0.1, 0.15) is 23.0 Å². The maximum absolute atomic E-state index is 12.3. The third-order valence-corrected chi connectivity index (χ3v) is 4.39. The van der Waals surface area contributed by atoms with Crippen LogP contribution < -0.4 is 4.74 Å². The van der Waals surface area contributed by atoms with E-state index in [4.69, 9.17) is 25.5 Å². The first-order valence-corrected chi connectivity index (χ1v) is 9.20. The summed E-state index contributed by atoms with van der Waals surface area (Å²) < 4.78 is 16.6. The van der Waals surface area contributed by atoms with Crippen molar-refractivity contribution < 1.29 is 18.7 Å². The highest BCUT2D eigenvalue weighted by atomic mass is 35.5. The zero-order valence-electron chi connectivity index (χ0n) is 15.4. The highest BCUT2D eigenvalue weighted by Gasteiger charge is 2.22. The molecule has 0 fully saturated rings. The van der Waals surface area contributed by atoms with E-state index in [1.54, 1.807) is 19.1 Å². The van der Waals surface area contributed by atoms with Gasteiger partial charge in [0.05, 0.1) is 6.61 Å². The molecule has 0 bridgehead atoms. The van der Waals surface area contributed by atoms with Crippen LogP contribution in [0.25, 0.3) is 11.0 Å². The van der Waals surface area contributed by atoms with Crippen LogP contribution in [0.4, 0.5) is 0 Å². The Hall–Kier alpha value is -2.50. The van der Waals surface area contributed by atoms with E-state index in [-0.39, 0.29) is 5.76 Å². The maximum Gasteiger partial charge on any atom is 0.374 e. The number of carbonyl (C=O) groups excluding carboxylic acids is 1. The minimum atomic E-state index is -0.436. The lowest BCUT2D eigenvalue weighted by Gasteiger charge is -2.17. The molecular weight excluding hydrogens is 366 g/mol. The van der Waals surface area contributed by atoms with Gasteiger partial charge in [0.15, 0.2) is 0 Å². The lowest BCUT2D eigenvalue weighted by Crippen LogP contribution is -2.24. The van der Waals surface area contributed by atoms with Crippen molar-refractivity contribution in [2.24, 2.45) is 0 Å². The van der Waals surface area contributed by atoms with Gasteiger partial charge in [0.2, 0.25) is 5.76 Å². The number of furan rings is 1. The molecule has 0 spiro atoms. The van der Waals surface area contributed by atoms with Gasteiger partial charge in [0.25, 0.3) is 0 Å². The molecule has 0 N–H and O–H groups in total. The number of nitrogens with zero attached hydrogens (tertiary/aromatic N) is 1. The molecule has 0 aliphatic carbocycles. The summed E-state index contributed by atoms with van der Waals surface area (Å²) in [4.78, 5) is 14.4. The van der Waals surface area contributed by atoms with E-state index in [0.717, 1.165) is 16.7 Å². The zero-order chi connectivity index (χ0) is 19.2. The first-order valence-electron chi connectivity index (χ1n) is 8.83. The lowest BCUT2D eigenvalue weighted by atomic mass is 10.1. The van der Waals surface area contributed by atoms with E-state index < -0.39 is 5.97 Å². The number of benzene rings is 2. The van der Waals surface area contributed by atoms with Gasteiger partial charge in [-0.05, 0) is 44.3 Å². The number of fused-ring (bicyclic) bond motifs is 1. The van der Waals surface area contributed by atoms with Gasteiger partial charge in [-0.15, -0.1) is 0 Å². The van der Waals surface area contributed by atoms with Crippen molar-refractivity contribution in [2.45, 2.75) is 13.5 Å². The first-order chi connectivity index (χ1) is 13.1. The highest BCUT2D eigenvalue weighted by molar-refractivity contribution is 6.30. The number of carbonyl (C=O) groups is 1. The molecule has 0 atom stereocenters. The Kier molecular flexibility index (Phi) is 6.37. The Morgan fingerprint density at radius 3 is 2.63 bits per heavy atom. The van der Waals surface area contributed by atoms with Crippen LogP contribution in [0.5, 0.6) is 5.75 Å². The van der Waals surface area contributed by atoms with Crippen LogP contribution in [0.2, 0.25) is 5.02 Å². The molecule has 0 aliphatic heterocycles. The summed E-state index contributed by atoms with van der Waals surface area (Å²) in [6.07, 6.45) is 0. The Morgan fingerprint density at radius 1 is 1.15 bits per heavy atom. The van der Waals surface area contributed by atoms with Gasteiger partial charge in [-0.1, -0.05) is 29.8 Å². The van der Waals surface area contributed by atoms with Crippen LogP contribution in [-0.4, -0.2) is 37.7 Å². The SMILES string of the molecule is CCOC(=O)c1oc2ccccc2c1CN(C)CCOc1ccc(Cl)cc1. The number of ether oxygens (including phenoxy) is 2. The summed E-state index contributed by atoms with van der Waals surface area (Å²) >= 11 is 5.88. The van der Waals surface area contributed by atoms with Gasteiger partial charge in [0.1, 0.15) is 17.9 Å². The van der Waals surface area contributed by atoms with Gasteiger partial charge in [0, 0.05) is 29.1 Å². The van der Waals surface area contributed by atoms with Crippen LogP contribution in [-0.2, 0) is 11.3 Å². The standard InChI is InChI=1S/C21H22ClNO4/c1-3-25-21(24)20-18(17-6-4-5-7-19(17)27-20)14-23(2)12-13-26-16-10-8-15(22)9-11-16/h4-11H,3,12-14H2,1-2H3. The molecule has 5 nitrogen and oxygen atoms in total. The molecule has 0 unspecified atom stereocenters. The summed E-state index contributed by atoms with van der Waals surface area (Å²) in [6.45, 7) is 3.84. The average Bonchev–Trinajstić information content (AvgIpc) is 3.02. The van der Waals surface area contributed by atoms with Crippen molar-refractivity contribution in [1.29, 1.82) is 0 Å². The Bertz CT molecular complexity index is 904. The maximum atomic E-state index is 12.3. The second-order valence-corrected chi connectivity index (χ2v) is 6.60. The third kappa shape index (κ3) is 4.81. The number of rotatable bonds is 8. The zero-order valence-corrected chi connectivity index (χ0v) is 16.2. The monoisotopic (exact) mass is 387 g/mol. The molecule has 142 valence electrons. The van der Waals surface area contributed by atoms with Gasteiger partial charge in [-0.25, -0.2) is 4.79 Å². The van der Waals surface area contributed by atoms with Crippen molar-refractivity contribution in [2.75, 3.05) is 26.8 Å². The Balaban J connectivity index is 1.68. The minimum absolute atomic E-state index is 0.267. The molecule has 1 aromatic heterocycles. The van der Waals surface area contributed by atoms with Crippen molar-refractivity contribution in [1.82, 2.24) is 4.90 Å². The van der Waals surface area contributed by atoms with Crippen LogP contribution in [0.3, 0.4) is 0 Å². The fourth-order valence-corrected chi connectivity index (χ4v) is 2.94. The number of hydrogen-bond acceptors (Lipinski definition) is 5. The summed E-state index contributed by atoms with van der Waals surface area (Å²) in [6, 6.07) is 14.9. The van der Waals surface area contributed by atoms with Crippen molar-refractivity contribution in [3.8, 4) is 5.75 Å². The molecular formula is C21H22ClNO4. The van der Waals surface area contributed by atoms with Crippen molar-refractivity contribution in [3.05, 3.63) is 64.9 Å². The molecule has 0 saturated carbocycles. The van der Waals surface area contributed by atoms with Crippen LogP contribution in [0.15, 0.2) is 52.9 Å². The van der Waals surface area contributed by atoms with E-state index >= 15 is 0 Å². The second kappa shape index (κ2) is 8.93. The highest BCUT2D eigenvalue weighted by Crippen LogP contribution is 2.27. The molecule has 1 heterocycles.